The van der Waals surface area contributed by atoms with Gasteiger partial charge >= 0.3 is 12.1 Å². The van der Waals surface area contributed by atoms with Crippen LogP contribution in [0.2, 0.25) is 0 Å². The van der Waals surface area contributed by atoms with Crippen LogP contribution in [0, 0.1) is 0 Å². The number of fused-ring (bicyclic) bond motifs is 1. The number of carboxylic acids is 1. The first-order valence-electron chi connectivity index (χ1n) is 9.37. The topological polar surface area (TPSA) is 122 Å². The summed E-state index contributed by atoms with van der Waals surface area (Å²) in [6, 6.07) is 0. The van der Waals surface area contributed by atoms with Gasteiger partial charge in [0, 0.05) is 26.2 Å². The molecule has 1 amide bonds. The van der Waals surface area contributed by atoms with E-state index < -0.39 is 29.0 Å². The predicted octanol–water partition coefficient (Wildman–Crippen LogP) is 1.59. The van der Waals surface area contributed by atoms with Gasteiger partial charge in [-0.3, -0.25) is 4.79 Å². The molecule has 1 aliphatic rings. The fraction of sp³-hybridized carbons (Fsp3) is 0.588. The van der Waals surface area contributed by atoms with Gasteiger partial charge in [0.1, 0.15) is 11.3 Å². The van der Waals surface area contributed by atoms with Crippen LogP contribution in [0.4, 0.5) is 14.4 Å². The molecule has 2 aromatic heterocycles. The van der Waals surface area contributed by atoms with Crippen LogP contribution in [-0.4, -0.2) is 72.4 Å². The molecule has 1 fully saturated rings. The van der Waals surface area contributed by atoms with Crippen molar-refractivity contribution in [1.82, 2.24) is 23.5 Å². The fourth-order valence-corrected chi connectivity index (χ4v) is 3.72. The van der Waals surface area contributed by atoms with E-state index in [4.69, 9.17) is 9.84 Å². The molecule has 0 spiro atoms. The van der Waals surface area contributed by atoms with Crippen LogP contribution >= 0.6 is 12.3 Å². The molecule has 0 unspecified atom stereocenters. The van der Waals surface area contributed by atoms with Crippen molar-refractivity contribution in [2.75, 3.05) is 31.1 Å². The number of carboxylic acid groups (broad SMARTS) is 1. The molecule has 3 rings (SSSR count). The summed E-state index contributed by atoms with van der Waals surface area (Å²) in [5, 5.41) is 12.9. The lowest BCUT2D eigenvalue weighted by Gasteiger charge is -2.37. The molecule has 1 aliphatic heterocycles. The number of carbonyl (C=O) groups excluding carboxylic acids is 1. The highest BCUT2D eigenvalue weighted by molar-refractivity contribution is 7.92. The lowest BCUT2D eigenvalue weighted by atomic mass is 10.2. The minimum atomic E-state index is -1.42. The van der Waals surface area contributed by atoms with Crippen LogP contribution in [0.3, 0.4) is 0 Å². The predicted molar refractivity (Wildman–Crippen MR) is 108 cm³/mol. The Kier molecular flexibility index (Phi) is 5.92. The summed E-state index contributed by atoms with van der Waals surface area (Å²) >= 11 is -0.176. The number of rotatable bonds is 4. The van der Waals surface area contributed by atoms with Gasteiger partial charge < -0.3 is 19.6 Å². The Hall–Kier alpha value is -2.83. The van der Waals surface area contributed by atoms with E-state index in [-0.39, 0.29) is 23.8 Å². The second-order valence-electron chi connectivity index (χ2n) is 7.72. The minimum Gasteiger partial charge on any atom is -0.475 e. The Morgan fingerprint density at radius 2 is 1.87 bits per heavy atom. The smallest absolute Gasteiger partial charge is 0.410 e. The molecule has 164 valence electrons. The average Bonchev–Trinajstić information content (AvgIpc) is 3.12. The normalized spacial score (nSPS) is 15.0. The van der Waals surface area contributed by atoms with Gasteiger partial charge in [-0.2, -0.15) is 9.50 Å². The fourth-order valence-electron chi connectivity index (χ4n) is 3.24. The van der Waals surface area contributed by atoms with Crippen molar-refractivity contribution in [3.05, 3.63) is 21.9 Å². The van der Waals surface area contributed by atoms with E-state index >= 15 is 0 Å². The van der Waals surface area contributed by atoms with Gasteiger partial charge in [-0.15, -0.1) is 8.98 Å². The van der Waals surface area contributed by atoms with Crippen LogP contribution in [-0.2, 0) is 11.2 Å². The number of amides is 1. The van der Waals surface area contributed by atoms with Gasteiger partial charge in [0.25, 0.3) is 11.4 Å². The maximum Gasteiger partial charge on any atom is 0.410 e. The highest BCUT2D eigenvalue weighted by Gasteiger charge is 2.30. The van der Waals surface area contributed by atoms with E-state index in [1.54, 1.807) is 37.5 Å². The van der Waals surface area contributed by atoms with Crippen LogP contribution in [0.1, 0.15) is 44.0 Å². The molecule has 0 saturated carbocycles. The molecule has 0 radical (unpaired) electrons. The lowest BCUT2D eigenvalue weighted by Crippen LogP contribution is -2.51. The van der Waals surface area contributed by atoms with Crippen molar-refractivity contribution in [2.24, 2.45) is 0 Å². The summed E-state index contributed by atoms with van der Waals surface area (Å²) in [4.78, 5) is 43.6. The molecule has 0 aliphatic carbocycles. The third-order valence-electron chi connectivity index (χ3n) is 4.53. The Bertz CT molecular complexity index is 1040. The second kappa shape index (κ2) is 8.13. The summed E-state index contributed by atoms with van der Waals surface area (Å²) in [7, 11) is 0. The number of aromatic nitrogens is 4. The molecule has 0 aromatic carbocycles. The molecule has 1 N–H and O–H groups in total. The summed E-state index contributed by atoms with van der Waals surface area (Å²) < 4.78 is 21.0. The van der Waals surface area contributed by atoms with Crippen molar-refractivity contribution in [3.63, 3.8) is 0 Å². The average molecular weight is 442 g/mol. The number of hydrogen-bond donors (Lipinski definition) is 1. The number of halogens is 1. The van der Waals surface area contributed by atoms with Gasteiger partial charge in [0.2, 0.25) is 5.78 Å². The van der Waals surface area contributed by atoms with Crippen LogP contribution < -0.4 is 10.5 Å². The maximum absolute atomic E-state index is 13.8. The van der Waals surface area contributed by atoms with Gasteiger partial charge in [-0.25, -0.2) is 13.6 Å². The Morgan fingerprint density at radius 3 is 2.37 bits per heavy atom. The number of ether oxygens (including phenoxy) is 1. The summed E-state index contributed by atoms with van der Waals surface area (Å²) in [5.74, 6) is -2.21. The van der Waals surface area contributed by atoms with E-state index in [2.05, 4.69) is 10.1 Å². The minimum absolute atomic E-state index is 0.176. The highest BCUT2D eigenvalue weighted by atomic mass is 32.2. The molecular weight excluding hydrogens is 419 g/mol. The molecule has 0 bridgehead atoms. The molecule has 3 heterocycles. The number of aromatic carboxylic acids is 1. The van der Waals surface area contributed by atoms with Crippen LogP contribution in [0.25, 0.3) is 5.78 Å². The molecule has 1 saturated heterocycles. The Balaban J connectivity index is 1.97. The number of hydrogen-bond acceptors (Lipinski definition) is 8. The number of carbonyl (C=O) groups is 2. The highest BCUT2D eigenvalue weighted by Crippen LogP contribution is 2.25. The van der Waals surface area contributed by atoms with Gasteiger partial charge in [0.15, 0.2) is 12.3 Å². The zero-order chi connectivity index (χ0) is 22.2. The zero-order valence-corrected chi connectivity index (χ0v) is 17.9. The number of nitrogens with zero attached hydrogens (tertiary/aromatic N) is 6. The second-order valence-corrected chi connectivity index (χ2v) is 8.23. The van der Waals surface area contributed by atoms with Crippen LogP contribution in [0.15, 0.2) is 4.79 Å². The van der Waals surface area contributed by atoms with Gasteiger partial charge in [-0.1, -0.05) is 6.92 Å². The summed E-state index contributed by atoms with van der Waals surface area (Å²) in [6.45, 7) is 8.38. The van der Waals surface area contributed by atoms with Crippen molar-refractivity contribution in [2.45, 2.75) is 39.7 Å². The van der Waals surface area contributed by atoms with E-state index in [0.717, 1.165) is 8.49 Å². The van der Waals surface area contributed by atoms with Crippen molar-refractivity contribution in [1.29, 1.82) is 0 Å². The monoisotopic (exact) mass is 442 g/mol. The first kappa shape index (κ1) is 21.9. The lowest BCUT2D eigenvalue weighted by molar-refractivity contribution is 0.0240. The van der Waals surface area contributed by atoms with Crippen molar-refractivity contribution >= 4 is 35.9 Å². The molecular formula is C17H23FN6O5S. The maximum atomic E-state index is 13.8. The number of anilines is 1. The quantitative estimate of drug-likeness (QED) is 0.752. The molecule has 30 heavy (non-hydrogen) atoms. The Morgan fingerprint density at radius 1 is 1.23 bits per heavy atom. The van der Waals surface area contributed by atoms with Crippen molar-refractivity contribution < 1.29 is 23.3 Å². The third-order valence-corrected chi connectivity index (χ3v) is 5.05. The first-order valence-corrected chi connectivity index (χ1v) is 10.0. The largest absolute Gasteiger partial charge is 0.475 e. The molecule has 13 heteroatoms. The molecule has 2 aromatic rings. The van der Waals surface area contributed by atoms with Gasteiger partial charge in [-0.05, 0) is 27.2 Å². The van der Waals surface area contributed by atoms with Gasteiger partial charge in [0.05, 0.1) is 5.69 Å². The van der Waals surface area contributed by atoms with E-state index in [0.29, 0.717) is 38.3 Å². The van der Waals surface area contributed by atoms with E-state index in [1.807, 2.05) is 0 Å². The van der Waals surface area contributed by atoms with Crippen molar-refractivity contribution in [3.8, 4) is 0 Å². The number of piperazine rings is 1. The zero-order valence-electron chi connectivity index (χ0n) is 17.1. The van der Waals surface area contributed by atoms with E-state index in [9.17, 15) is 18.3 Å². The Labute approximate surface area is 175 Å². The molecule has 0 atom stereocenters. The van der Waals surface area contributed by atoms with E-state index in [1.165, 1.54) is 0 Å². The standard InChI is InChI=1S/C17H23FN6O5S/c1-5-10-11(21-6-8-22(9-7-21)16(28)29-17(2,3)4)13(25)23-15(24(10)30-18)19-12(20-23)14(26)27/h5-9H2,1-4H3,(H,26,27). The SMILES string of the molecule is CCc1c(N2CCN(C(=O)OC(C)(C)C)CC2)c(=O)n2nc(C(=O)O)nc2n1SF. The first-order chi connectivity index (χ1) is 14.1. The molecule has 11 nitrogen and oxygen atoms in total. The third kappa shape index (κ3) is 4.06. The summed E-state index contributed by atoms with van der Waals surface area (Å²) in [6.07, 6.45) is -0.132. The summed E-state index contributed by atoms with van der Waals surface area (Å²) in [5.41, 5.74) is -0.635. The van der Waals surface area contributed by atoms with Crippen LogP contribution in [0.5, 0.6) is 0 Å².